The largest absolute Gasteiger partial charge is 0.383 e. The molecule has 220 valence electrons. The highest BCUT2D eigenvalue weighted by Crippen LogP contribution is 2.32. The van der Waals surface area contributed by atoms with Crippen molar-refractivity contribution in [2.75, 3.05) is 5.73 Å². The Morgan fingerprint density at radius 2 is 1.71 bits per heavy atom. The topological polar surface area (TPSA) is 155 Å². The fourth-order valence-corrected chi connectivity index (χ4v) is 5.99. The molecule has 0 aliphatic heterocycles. The Bertz CT molecular complexity index is 2250. The Kier molecular flexibility index (Phi) is 6.95. The predicted octanol–water partition coefficient (Wildman–Crippen LogP) is 5.51. The number of benzene rings is 3. The Morgan fingerprint density at radius 3 is 2.47 bits per heavy atom. The van der Waals surface area contributed by atoms with Crippen molar-refractivity contribution in [3.63, 3.8) is 0 Å². The minimum atomic E-state index is -0.816. The van der Waals surface area contributed by atoms with E-state index in [9.17, 15) is 14.0 Å². The van der Waals surface area contributed by atoms with Crippen molar-refractivity contribution >= 4 is 50.3 Å². The van der Waals surface area contributed by atoms with Crippen LogP contribution in [0.15, 0.2) is 97.2 Å². The number of fused-ring (bicyclic) bond motifs is 2. The van der Waals surface area contributed by atoms with Gasteiger partial charge in [0.05, 0.1) is 27.0 Å². The first-order chi connectivity index (χ1) is 21.9. The molecule has 0 spiro atoms. The van der Waals surface area contributed by atoms with Crippen LogP contribution in [0.3, 0.4) is 0 Å². The summed E-state index contributed by atoms with van der Waals surface area (Å²) in [6, 6.07) is 27.3. The third-order valence-electron chi connectivity index (χ3n) is 7.22. The molecule has 2 amide bonds. The molecule has 0 radical (unpaired) electrons. The van der Waals surface area contributed by atoms with Gasteiger partial charge in [-0.3, -0.25) is 14.2 Å². The highest BCUT2D eigenvalue weighted by atomic mass is 32.1. The van der Waals surface area contributed by atoms with Crippen LogP contribution in [0, 0.1) is 5.82 Å². The summed E-state index contributed by atoms with van der Waals surface area (Å²) >= 11 is 0.985. The lowest BCUT2D eigenvalue weighted by atomic mass is 10.1. The number of nitrogen functional groups attached to an aromatic ring is 1. The van der Waals surface area contributed by atoms with Crippen molar-refractivity contribution in [3.8, 4) is 28.3 Å². The maximum atomic E-state index is 13.9. The second kappa shape index (κ2) is 11.2. The van der Waals surface area contributed by atoms with Crippen LogP contribution in [0.4, 0.5) is 10.2 Å². The van der Waals surface area contributed by atoms with Gasteiger partial charge in [-0.1, -0.05) is 42.5 Å². The zero-order valence-electron chi connectivity index (χ0n) is 23.4. The van der Waals surface area contributed by atoms with Crippen LogP contribution in [0.5, 0.6) is 0 Å². The summed E-state index contributed by atoms with van der Waals surface area (Å²) in [7, 11) is 0. The van der Waals surface area contributed by atoms with Gasteiger partial charge in [0.25, 0.3) is 11.8 Å². The third kappa shape index (κ3) is 5.23. The summed E-state index contributed by atoms with van der Waals surface area (Å²) in [6.07, 6.45) is 1.63. The summed E-state index contributed by atoms with van der Waals surface area (Å²) < 4.78 is 16.2. The van der Waals surface area contributed by atoms with Gasteiger partial charge in [0.2, 0.25) is 0 Å². The summed E-state index contributed by atoms with van der Waals surface area (Å²) in [5, 5.41) is 2.93. The average molecular weight is 615 g/mol. The van der Waals surface area contributed by atoms with Gasteiger partial charge in [-0.05, 0) is 54.1 Å². The molecule has 4 heterocycles. The van der Waals surface area contributed by atoms with E-state index in [-0.39, 0.29) is 22.6 Å². The van der Waals surface area contributed by atoms with E-state index in [1.807, 2.05) is 77.4 Å². The Morgan fingerprint density at radius 1 is 0.911 bits per heavy atom. The van der Waals surface area contributed by atoms with Gasteiger partial charge in [-0.2, -0.15) is 0 Å². The average Bonchev–Trinajstić information content (AvgIpc) is 3.65. The number of halogens is 1. The monoisotopic (exact) mass is 614 g/mol. The molecule has 5 N–H and O–H groups in total. The maximum absolute atomic E-state index is 13.9. The maximum Gasteiger partial charge on any atom is 0.280 e. The Hall–Kier alpha value is -6.01. The van der Waals surface area contributed by atoms with Crippen LogP contribution in [0.1, 0.15) is 25.7 Å². The number of hydrogen-bond acceptors (Lipinski definition) is 8. The van der Waals surface area contributed by atoms with Gasteiger partial charge in [0, 0.05) is 24.0 Å². The van der Waals surface area contributed by atoms with Crippen molar-refractivity contribution in [1.29, 1.82) is 0 Å². The number of carbonyl (C=O) groups excluding carboxylic acids is 2. The van der Waals surface area contributed by atoms with Crippen LogP contribution in [-0.4, -0.2) is 36.3 Å². The molecular weight excluding hydrogens is 591 g/mol. The summed E-state index contributed by atoms with van der Waals surface area (Å²) in [6.45, 7) is 0.204. The summed E-state index contributed by atoms with van der Waals surface area (Å²) in [5.74, 6) is -0.959. The fraction of sp³-hybridized carbons (Fsp3) is 0.0303. The Labute approximate surface area is 259 Å². The number of nitrogens with zero attached hydrogens (tertiary/aromatic N) is 5. The molecule has 45 heavy (non-hydrogen) atoms. The smallest absolute Gasteiger partial charge is 0.280 e. The number of aromatic nitrogens is 5. The molecule has 4 aromatic heterocycles. The van der Waals surface area contributed by atoms with Gasteiger partial charge in [-0.25, -0.2) is 24.3 Å². The van der Waals surface area contributed by atoms with E-state index in [0.717, 1.165) is 39.9 Å². The molecule has 0 aliphatic carbocycles. The van der Waals surface area contributed by atoms with Crippen molar-refractivity contribution in [3.05, 3.63) is 119 Å². The van der Waals surface area contributed by atoms with E-state index in [1.54, 1.807) is 12.3 Å². The van der Waals surface area contributed by atoms with E-state index in [4.69, 9.17) is 21.4 Å². The molecule has 0 bridgehead atoms. The Balaban J connectivity index is 1.20. The first-order valence-corrected chi connectivity index (χ1v) is 14.6. The SMILES string of the molecule is NC(=O)c1cc(F)cc2sc(C(=O)NCc3ccc(-n4c(-c5cccnc5N)nc5ccc(-c6ccccc6)nc54)cc3)nc12. The number of nitrogens with one attached hydrogen (secondary N) is 1. The predicted molar refractivity (Wildman–Crippen MR) is 171 cm³/mol. The second-order valence-corrected chi connectivity index (χ2v) is 11.2. The zero-order chi connectivity index (χ0) is 31.1. The molecule has 0 atom stereocenters. The number of imidazole rings is 1. The number of anilines is 1. The highest BCUT2D eigenvalue weighted by molar-refractivity contribution is 7.20. The molecule has 0 fully saturated rings. The van der Waals surface area contributed by atoms with E-state index in [1.165, 1.54) is 6.07 Å². The van der Waals surface area contributed by atoms with Crippen molar-refractivity contribution < 1.29 is 14.0 Å². The first-order valence-electron chi connectivity index (χ1n) is 13.8. The molecule has 12 heteroatoms. The van der Waals surface area contributed by atoms with Crippen LogP contribution in [0.25, 0.3) is 49.7 Å². The first kappa shape index (κ1) is 27.8. The molecule has 7 aromatic rings. The molecule has 10 nitrogen and oxygen atoms in total. The van der Waals surface area contributed by atoms with E-state index >= 15 is 0 Å². The molecule has 7 rings (SSSR count). The van der Waals surface area contributed by atoms with Crippen LogP contribution >= 0.6 is 11.3 Å². The van der Waals surface area contributed by atoms with Crippen LogP contribution in [0.2, 0.25) is 0 Å². The van der Waals surface area contributed by atoms with Crippen LogP contribution < -0.4 is 16.8 Å². The number of thiazole rings is 1. The van der Waals surface area contributed by atoms with Gasteiger partial charge in [0.1, 0.15) is 17.2 Å². The van der Waals surface area contributed by atoms with Crippen molar-refractivity contribution in [2.24, 2.45) is 5.73 Å². The van der Waals surface area contributed by atoms with Gasteiger partial charge in [-0.15, -0.1) is 11.3 Å². The minimum absolute atomic E-state index is 0.0688. The van der Waals surface area contributed by atoms with Gasteiger partial charge >= 0.3 is 0 Å². The lowest BCUT2D eigenvalue weighted by Crippen LogP contribution is -2.22. The zero-order valence-corrected chi connectivity index (χ0v) is 24.3. The van der Waals surface area contributed by atoms with Gasteiger partial charge < -0.3 is 16.8 Å². The lowest BCUT2D eigenvalue weighted by Gasteiger charge is -2.12. The lowest BCUT2D eigenvalue weighted by molar-refractivity contribution is 0.0948. The quantitative estimate of drug-likeness (QED) is 0.214. The molecular formula is C33H23FN8O2S. The van der Waals surface area contributed by atoms with E-state index in [0.29, 0.717) is 33.1 Å². The third-order valence-corrected chi connectivity index (χ3v) is 8.22. The van der Waals surface area contributed by atoms with E-state index < -0.39 is 17.6 Å². The number of carbonyl (C=O) groups is 2. The summed E-state index contributed by atoms with van der Waals surface area (Å²) in [5.41, 5.74) is 17.2. The number of rotatable bonds is 7. The standard InChI is InChI=1S/C33H23FN8O2S/c34-20-15-23(29(36)43)27-26(16-20)45-33(41-27)32(44)38-17-18-8-10-21(11-9-18)42-30(22-7-4-14-37-28(22)35)40-25-13-12-24(39-31(25)42)19-5-2-1-3-6-19/h1-16H,17H2,(H2,35,37)(H2,36,43)(H,38,44). The molecule has 0 saturated carbocycles. The fourth-order valence-electron chi connectivity index (χ4n) is 5.06. The molecule has 0 aliphatic rings. The number of amides is 2. The number of primary amides is 1. The highest BCUT2D eigenvalue weighted by Gasteiger charge is 2.20. The number of hydrogen-bond donors (Lipinski definition) is 3. The number of pyridine rings is 2. The number of nitrogens with two attached hydrogens (primary N) is 2. The van der Waals surface area contributed by atoms with E-state index in [2.05, 4.69) is 15.3 Å². The van der Waals surface area contributed by atoms with Crippen molar-refractivity contribution in [2.45, 2.75) is 6.54 Å². The minimum Gasteiger partial charge on any atom is -0.383 e. The van der Waals surface area contributed by atoms with Gasteiger partial charge in [0.15, 0.2) is 16.5 Å². The molecule has 0 saturated heterocycles. The normalized spacial score (nSPS) is 11.2. The van der Waals surface area contributed by atoms with Crippen LogP contribution in [-0.2, 0) is 6.54 Å². The van der Waals surface area contributed by atoms with Crippen molar-refractivity contribution in [1.82, 2.24) is 29.8 Å². The second-order valence-electron chi connectivity index (χ2n) is 10.1. The molecule has 0 unspecified atom stereocenters. The summed E-state index contributed by atoms with van der Waals surface area (Å²) in [4.78, 5) is 43.0. The molecule has 3 aromatic carbocycles.